The van der Waals surface area contributed by atoms with Gasteiger partial charge in [0.2, 0.25) is 0 Å². The highest BCUT2D eigenvalue weighted by atomic mass is 32.2. The van der Waals surface area contributed by atoms with Crippen LogP contribution in [0.3, 0.4) is 0 Å². The lowest BCUT2D eigenvalue weighted by Crippen LogP contribution is -2.11. The molecule has 5 heteroatoms. The summed E-state index contributed by atoms with van der Waals surface area (Å²) >= 11 is 1.48. The summed E-state index contributed by atoms with van der Waals surface area (Å²) < 4.78 is 7.36. The fourth-order valence-electron chi connectivity index (χ4n) is 2.37. The van der Waals surface area contributed by atoms with Crippen LogP contribution in [0.4, 0.5) is 0 Å². The zero-order valence-corrected chi connectivity index (χ0v) is 14.9. The van der Waals surface area contributed by atoms with Gasteiger partial charge in [0, 0.05) is 23.8 Å². The number of benzene rings is 2. The summed E-state index contributed by atoms with van der Waals surface area (Å²) in [4.78, 5) is 17.3. The summed E-state index contributed by atoms with van der Waals surface area (Å²) in [5.74, 6) is 0.806. The fourth-order valence-corrected chi connectivity index (χ4v) is 3.06. The number of thioether (sulfide) groups is 1. The Morgan fingerprint density at radius 3 is 2.64 bits per heavy atom. The van der Waals surface area contributed by atoms with Crippen LogP contribution in [0.2, 0.25) is 0 Å². The van der Waals surface area contributed by atoms with Crippen LogP contribution in [0.5, 0.6) is 0 Å². The molecule has 0 spiro atoms. The highest BCUT2D eigenvalue weighted by Gasteiger charge is 2.09. The maximum absolute atomic E-state index is 12.0. The molecule has 0 amide bonds. The molecule has 0 saturated heterocycles. The number of carbonyl (C=O) groups is 1. The molecule has 25 heavy (non-hydrogen) atoms. The van der Waals surface area contributed by atoms with E-state index in [9.17, 15) is 4.79 Å². The molecule has 3 rings (SSSR count). The predicted octanol–water partition coefficient (Wildman–Crippen LogP) is 4.08. The number of ether oxygens (including phenoxy) is 1. The van der Waals surface area contributed by atoms with Gasteiger partial charge in [-0.05, 0) is 24.6 Å². The molecule has 128 valence electrons. The second-order valence-corrected chi connectivity index (χ2v) is 6.77. The first-order valence-corrected chi connectivity index (χ1v) is 9.08. The first-order valence-electron chi connectivity index (χ1n) is 8.10. The Morgan fingerprint density at radius 2 is 1.88 bits per heavy atom. The van der Waals surface area contributed by atoms with Crippen molar-refractivity contribution in [1.82, 2.24) is 9.55 Å². The molecule has 0 aliphatic heterocycles. The maximum atomic E-state index is 12.0. The number of esters is 1. The van der Waals surface area contributed by atoms with Crippen molar-refractivity contribution in [3.05, 3.63) is 83.9 Å². The summed E-state index contributed by atoms with van der Waals surface area (Å²) in [5, 5.41) is 0. The summed E-state index contributed by atoms with van der Waals surface area (Å²) in [6, 6.07) is 18.2. The number of imidazole rings is 1. The summed E-state index contributed by atoms with van der Waals surface area (Å²) in [6.45, 7) is 2.94. The number of nitrogens with zero attached hydrogens (tertiary/aromatic N) is 2. The van der Waals surface area contributed by atoms with Gasteiger partial charge in [0.05, 0.1) is 5.75 Å². The highest BCUT2D eigenvalue weighted by Crippen LogP contribution is 2.18. The van der Waals surface area contributed by atoms with Crippen LogP contribution in [-0.2, 0) is 22.7 Å². The van der Waals surface area contributed by atoms with Gasteiger partial charge in [0.1, 0.15) is 12.4 Å². The van der Waals surface area contributed by atoms with E-state index in [1.165, 1.54) is 22.9 Å². The molecular weight excluding hydrogens is 332 g/mol. The van der Waals surface area contributed by atoms with Gasteiger partial charge in [-0.1, -0.05) is 48.0 Å². The Labute approximate surface area is 151 Å². The van der Waals surface area contributed by atoms with Crippen LogP contribution in [0.1, 0.15) is 17.0 Å². The van der Waals surface area contributed by atoms with Crippen LogP contribution in [-0.4, -0.2) is 21.3 Å². The SMILES string of the molecule is Cc1ccc(SCC(=O)OCc2nccn2Cc2ccccc2)cc1. The number of aryl methyl sites for hydroxylation is 1. The lowest BCUT2D eigenvalue weighted by atomic mass is 10.2. The first kappa shape index (κ1) is 17.3. The van der Waals surface area contributed by atoms with E-state index >= 15 is 0 Å². The van der Waals surface area contributed by atoms with E-state index in [1.807, 2.05) is 60.2 Å². The second-order valence-electron chi connectivity index (χ2n) is 5.72. The molecule has 0 radical (unpaired) electrons. The molecular formula is C20H20N2O2S. The molecule has 2 aromatic carbocycles. The van der Waals surface area contributed by atoms with E-state index < -0.39 is 0 Å². The van der Waals surface area contributed by atoms with E-state index in [4.69, 9.17) is 4.74 Å². The van der Waals surface area contributed by atoms with E-state index in [1.54, 1.807) is 6.20 Å². The lowest BCUT2D eigenvalue weighted by molar-refractivity contribution is -0.142. The minimum atomic E-state index is -0.236. The highest BCUT2D eigenvalue weighted by molar-refractivity contribution is 8.00. The molecule has 0 unspecified atom stereocenters. The minimum Gasteiger partial charge on any atom is -0.457 e. The average molecular weight is 352 g/mol. The molecule has 0 aliphatic carbocycles. The van der Waals surface area contributed by atoms with E-state index in [2.05, 4.69) is 17.1 Å². The number of hydrogen-bond acceptors (Lipinski definition) is 4. The topological polar surface area (TPSA) is 44.1 Å². The number of rotatable bonds is 7. The average Bonchev–Trinajstić information content (AvgIpc) is 3.07. The van der Waals surface area contributed by atoms with Gasteiger partial charge in [0.15, 0.2) is 0 Å². The normalized spacial score (nSPS) is 10.6. The van der Waals surface area contributed by atoms with Crippen molar-refractivity contribution in [3.63, 3.8) is 0 Å². The van der Waals surface area contributed by atoms with Crippen LogP contribution < -0.4 is 0 Å². The van der Waals surface area contributed by atoms with Crippen LogP contribution >= 0.6 is 11.8 Å². The third kappa shape index (κ3) is 5.22. The largest absolute Gasteiger partial charge is 0.457 e. The van der Waals surface area contributed by atoms with Crippen LogP contribution in [0.15, 0.2) is 71.9 Å². The smallest absolute Gasteiger partial charge is 0.316 e. The minimum absolute atomic E-state index is 0.188. The first-order chi connectivity index (χ1) is 12.2. The Hall–Kier alpha value is -2.53. The van der Waals surface area contributed by atoms with Crippen molar-refractivity contribution in [2.24, 2.45) is 0 Å². The Bertz CT molecular complexity index is 813. The van der Waals surface area contributed by atoms with Crippen molar-refractivity contribution in [3.8, 4) is 0 Å². The van der Waals surface area contributed by atoms with E-state index in [0.717, 1.165) is 10.7 Å². The molecule has 0 fully saturated rings. The van der Waals surface area contributed by atoms with Crippen LogP contribution in [0.25, 0.3) is 0 Å². The quantitative estimate of drug-likeness (QED) is 0.475. The zero-order valence-electron chi connectivity index (χ0n) is 14.1. The molecule has 0 bridgehead atoms. The van der Waals surface area contributed by atoms with Gasteiger partial charge >= 0.3 is 5.97 Å². The number of aromatic nitrogens is 2. The van der Waals surface area contributed by atoms with Gasteiger partial charge < -0.3 is 9.30 Å². The summed E-state index contributed by atoms with van der Waals surface area (Å²) in [5.41, 5.74) is 2.39. The predicted molar refractivity (Wildman–Crippen MR) is 99.5 cm³/mol. The van der Waals surface area contributed by atoms with Gasteiger partial charge in [-0.15, -0.1) is 11.8 Å². The van der Waals surface area contributed by atoms with Gasteiger partial charge in [-0.2, -0.15) is 0 Å². The molecule has 1 heterocycles. The zero-order chi connectivity index (χ0) is 17.5. The lowest BCUT2D eigenvalue weighted by Gasteiger charge is -2.09. The molecule has 0 atom stereocenters. The molecule has 0 aliphatic rings. The molecule has 4 nitrogen and oxygen atoms in total. The molecule has 0 N–H and O–H groups in total. The maximum Gasteiger partial charge on any atom is 0.316 e. The van der Waals surface area contributed by atoms with Crippen molar-refractivity contribution in [2.75, 3.05) is 5.75 Å². The van der Waals surface area contributed by atoms with E-state index in [0.29, 0.717) is 12.3 Å². The van der Waals surface area contributed by atoms with Crippen molar-refractivity contribution < 1.29 is 9.53 Å². The van der Waals surface area contributed by atoms with Gasteiger partial charge in [0.25, 0.3) is 0 Å². The third-order valence-electron chi connectivity index (χ3n) is 3.74. The fraction of sp³-hybridized carbons (Fsp3) is 0.200. The molecule has 1 aromatic heterocycles. The Morgan fingerprint density at radius 1 is 1.12 bits per heavy atom. The molecule has 0 saturated carbocycles. The van der Waals surface area contributed by atoms with Gasteiger partial charge in [-0.25, -0.2) is 4.98 Å². The second kappa shape index (κ2) is 8.53. The Kier molecular flexibility index (Phi) is 5.90. The van der Waals surface area contributed by atoms with Crippen molar-refractivity contribution in [2.45, 2.75) is 25.0 Å². The van der Waals surface area contributed by atoms with Crippen molar-refractivity contribution >= 4 is 17.7 Å². The Balaban J connectivity index is 1.49. The summed E-state index contributed by atoms with van der Waals surface area (Å²) in [7, 11) is 0. The molecule has 3 aromatic rings. The monoisotopic (exact) mass is 352 g/mol. The van der Waals surface area contributed by atoms with Crippen molar-refractivity contribution in [1.29, 1.82) is 0 Å². The van der Waals surface area contributed by atoms with Gasteiger partial charge in [-0.3, -0.25) is 4.79 Å². The number of hydrogen-bond donors (Lipinski definition) is 0. The standard InChI is InChI=1S/C20H20N2O2S/c1-16-7-9-18(10-8-16)25-15-20(23)24-14-19-21-11-12-22(19)13-17-5-3-2-4-6-17/h2-12H,13-15H2,1H3. The summed E-state index contributed by atoms with van der Waals surface area (Å²) in [6.07, 6.45) is 3.63. The third-order valence-corrected chi connectivity index (χ3v) is 4.72. The van der Waals surface area contributed by atoms with E-state index in [-0.39, 0.29) is 12.6 Å². The number of carbonyl (C=O) groups excluding carboxylic acids is 1. The van der Waals surface area contributed by atoms with Crippen LogP contribution in [0, 0.1) is 6.92 Å².